The van der Waals surface area contributed by atoms with Crippen molar-refractivity contribution in [3.05, 3.63) is 195 Å². The molecule has 0 amide bonds. The van der Waals surface area contributed by atoms with Gasteiger partial charge in [-0.3, -0.25) is 56.7 Å². The normalized spacial score (nSPS) is 8.06. The van der Waals surface area contributed by atoms with E-state index < -0.39 is 20.8 Å². The predicted octanol–water partition coefficient (Wildman–Crippen LogP) is -3.30. The quantitative estimate of drug-likeness (QED) is 0.0946. The molecular formula is C40H54Fe2N8O20S2. The fraction of sp³-hybridized carbons (Fsp3) is 0. The van der Waals surface area contributed by atoms with E-state index in [9.17, 15) is 0 Å². The van der Waals surface area contributed by atoms with E-state index in [4.69, 9.17) is 35.0 Å². The van der Waals surface area contributed by atoms with Gasteiger partial charge in [0.15, 0.2) is 0 Å². The van der Waals surface area contributed by atoms with Crippen molar-refractivity contribution < 1.29 is 135 Å². The average molecular weight is 1140 g/mol. The van der Waals surface area contributed by atoms with Gasteiger partial charge in [0.1, 0.15) is 0 Å². The van der Waals surface area contributed by atoms with Crippen LogP contribution in [0.2, 0.25) is 0 Å². The number of nitrogens with zero attached hydrogens (tertiary/aromatic N) is 8. The molecule has 0 aliphatic heterocycles. The van der Waals surface area contributed by atoms with Crippen LogP contribution in [0, 0.1) is 0 Å². The first-order chi connectivity index (χ1) is 27.9. The maximum absolute atomic E-state index is 8.52. The Morgan fingerprint density at radius 1 is 0.236 bits per heavy atom. The van der Waals surface area contributed by atoms with Gasteiger partial charge in [-0.2, -0.15) is 0 Å². The monoisotopic (exact) mass is 1140 g/mol. The Balaban J connectivity index is -0.0000000592. The first kappa shape index (κ1) is 95.2. The largest absolute Gasteiger partial charge is 3.00 e. The molecule has 8 aromatic rings. The second kappa shape index (κ2) is 53.8. The second-order valence-corrected chi connectivity index (χ2v) is 12.2. The van der Waals surface area contributed by atoms with Gasteiger partial charge in [-0.15, -0.1) is 0 Å². The van der Waals surface area contributed by atoms with Crippen molar-refractivity contribution in [3.8, 4) is 45.6 Å². The Kier molecular flexibility index (Phi) is 71.2. The molecular weight excluding hydrogens is 1090 g/mol. The van der Waals surface area contributed by atoms with Crippen LogP contribution in [0.25, 0.3) is 45.6 Å². The Labute approximate surface area is 434 Å². The van der Waals surface area contributed by atoms with Crippen LogP contribution in [0.3, 0.4) is 0 Å². The molecule has 0 spiro atoms. The summed E-state index contributed by atoms with van der Waals surface area (Å²) < 4.78 is 68.2. The third-order valence-corrected chi connectivity index (χ3v) is 6.37. The summed E-state index contributed by atoms with van der Waals surface area (Å²) in [6.07, 6.45) is 14.1. The molecule has 0 saturated carbocycles. The fourth-order valence-corrected chi connectivity index (χ4v) is 4.11. The van der Waals surface area contributed by atoms with E-state index in [-0.39, 0.29) is 99.9 Å². The van der Waals surface area contributed by atoms with Crippen LogP contribution in [0.5, 0.6) is 0 Å². The molecule has 28 nitrogen and oxygen atoms in total. The van der Waals surface area contributed by atoms with E-state index in [2.05, 4.69) is 39.9 Å². The minimum Gasteiger partial charge on any atom is -2.00 e. The number of hydrogen-bond acceptors (Lipinski definition) is 16. The molecule has 8 rings (SSSR count). The fourth-order valence-electron chi connectivity index (χ4n) is 4.11. The average Bonchev–Trinajstić information content (AvgIpc) is 3.26. The molecule has 2 radical (unpaired) electrons. The summed E-state index contributed by atoms with van der Waals surface area (Å²) in [5, 5.41) is 0. The number of pyridine rings is 8. The van der Waals surface area contributed by atoms with Crippen LogP contribution in [-0.4, -0.2) is 135 Å². The van der Waals surface area contributed by atoms with Gasteiger partial charge in [0.05, 0.1) is 45.6 Å². The van der Waals surface area contributed by atoms with Crippen LogP contribution in [0.4, 0.5) is 0 Å². The molecule has 8 aromatic heterocycles. The third kappa shape index (κ3) is 45.9. The van der Waals surface area contributed by atoms with Crippen LogP contribution < -0.4 is 0 Å². The van der Waals surface area contributed by atoms with Crippen molar-refractivity contribution >= 4 is 20.8 Å². The maximum atomic E-state index is 8.52. The number of aromatic nitrogens is 8. The molecule has 72 heavy (non-hydrogen) atoms. The summed E-state index contributed by atoms with van der Waals surface area (Å²) in [7, 11) is -10.3. The van der Waals surface area contributed by atoms with Crippen molar-refractivity contribution in [1.82, 2.24) is 39.9 Å². The van der Waals surface area contributed by atoms with Crippen LogP contribution in [0.1, 0.15) is 0 Å². The summed E-state index contributed by atoms with van der Waals surface area (Å²) in [4.78, 5) is 33.5. The van der Waals surface area contributed by atoms with Gasteiger partial charge in [-0.25, -0.2) is 0 Å². The first-order valence-electron chi connectivity index (χ1n) is 16.5. The van der Waals surface area contributed by atoms with Crippen LogP contribution >= 0.6 is 0 Å². The second-order valence-electron chi connectivity index (χ2n) is 10.5. The van der Waals surface area contributed by atoms with E-state index in [1.165, 1.54) is 0 Å². The van der Waals surface area contributed by atoms with Crippen molar-refractivity contribution in [3.63, 3.8) is 0 Å². The Morgan fingerprint density at radius 3 is 0.375 bits per heavy atom. The minimum atomic E-state index is -5.17. The van der Waals surface area contributed by atoms with Crippen molar-refractivity contribution in [2.75, 3.05) is 0 Å². The molecule has 0 aliphatic rings. The van der Waals surface area contributed by atoms with Crippen LogP contribution in [-0.2, 0) is 60.4 Å². The molecule has 0 aliphatic carbocycles. The van der Waals surface area contributed by atoms with E-state index in [0.717, 1.165) is 45.6 Å². The summed E-state index contributed by atoms with van der Waals surface area (Å²) in [5.74, 6) is 0. The zero-order valence-electron chi connectivity index (χ0n) is 36.8. The molecule has 0 atom stereocenters. The van der Waals surface area contributed by atoms with Gasteiger partial charge in [-0.1, -0.05) is 48.5 Å². The summed E-state index contributed by atoms with van der Waals surface area (Å²) in [6, 6.07) is 46.4. The summed E-state index contributed by atoms with van der Waals surface area (Å²) in [6.45, 7) is 0. The molecule has 0 unspecified atom stereocenters. The van der Waals surface area contributed by atoms with E-state index in [1.54, 1.807) is 49.6 Å². The molecule has 0 aromatic carbocycles. The van der Waals surface area contributed by atoms with Crippen LogP contribution in [0.15, 0.2) is 195 Å². The minimum absolute atomic E-state index is 0. The topological polar surface area (TPSA) is 639 Å². The Morgan fingerprint density at radius 2 is 0.319 bits per heavy atom. The van der Waals surface area contributed by atoms with Gasteiger partial charge in [0, 0.05) is 70.4 Å². The van der Waals surface area contributed by atoms with Crippen molar-refractivity contribution in [1.29, 1.82) is 0 Å². The van der Waals surface area contributed by atoms with E-state index >= 15 is 0 Å². The Bertz CT molecular complexity index is 2040. The third-order valence-electron chi connectivity index (χ3n) is 6.37. The SMILES string of the molecule is O.O.O.O.O.O.O.O.O.O.O.O=S(=O)([O-])[O-].O=S(=O)([O-])[O-].[Fe+3].[Fe+3].[O-2].c1ccc(-c2ccccn2)nc1.c1ccc(-c2ccccn2)nc1.c1ccc(-c2ccccn2)nc1.c1ccc(-c2ccccn2)nc1. The van der Waals surface area contributed by atoms with Gasteiger partial charge in [-0.05, 0) is 97.1 Å². The zero-order valence-corrected chi connectivity index (χ0v) is 40.6. The first-order valence-corrected chi connectivity index (χ1v) is 19.2. The van der Waals surface area contributed by atoms with Gasteiger partial charge >= 0.3 is 34.1 Å². The summed E-state index contributed by atoms with van der Waals surface area (Å²) >= 11 is 0. The molecule has 402 valence electrons. The van der Waals surface area contributed by atoms with Gasteiger partial charge in [0.2, 0.25) is 0 Å². The summed E-state index contributed by atoms with van der Waals surface area (Å²) in [5.41, 5.74) is 7.32. The molecule has 8 heterocycles. The molecule has 0 saturated heterocycles. The predicted molar refractivity (Wildman–Crippen MR) is 251 cm³/mol. The number of hydrogen-bond donors (Lipinski definition) is 0. The molecule has 32 heteroatoms. The van der Waals surface area contributed by atoms with Gasteiger partial charge in [0.25, 0.3) is 0 Å². The van der Waals surface area contributed by atoms with Crippen molar-refractivity contribution in [2.45, 2.75) is 0 Å². The number of rotatable bonds is 4. The zero-order chi connectivity index (χ0) is 41.9. The van der Waals surface area contributed by atoms with Crippen molar-refractivity contribution in [2.24, 2.45) is 0 Å². The smallest absolute Gasteiger partial charge is 2.00 e. The molecule has 0 bridgehead atoms. The van der Waals surface area contributed by atoms with E-state index in [1.807, 2.05) is 146 Å². The maximum Gasteiger partial charge on any atom is 3.00 e. The molecule has 22 N–H and O–H groups in total. The van der Waals surface area contributed by atoms with Gasteiger partial charge < -0.3 is 83.9 Å². The van der Waals surface area contributed by atoms with E-state index in [0.29, 0.717) is 0 Å². The standard InChI is InChI=1S/4C10H8N2.2Fe.2H2O4S.11H2O.O/c4*1-3-7-11-9(5-1)10-6-2-4-8-12-10;;;2*1-5(2,3)4;;;;;;;;;;;;/h4*1-8H;;;2*(H2,1,2,3,4);11*1H2;/q;;;;2*+3;;;;;;;;;;;;;;-2/p-4. The molecule has 0 fully saturated rings. The Hall–Kier alpha value is -6.50.